The largest absolute Gasteiger partial charge is 0.343 e. The number of nitrogens with zero attached hydrogens (tertiary/aromatic N) is 1. The molecule has 4 rings (SSSR count). The number of H-pyrrole nitrogens is 1. The lowest BCUT2D eigenvalue weighted by molar-refractivity contribution is 0.813. The van der Waals surface area contributed by atoms with E-state index < -0.39 is 0 Å². The lowest BCUT2D eigenvalue weighted by atomic mass is 9.87. The van der Waals surface area contributed by atoms with E-state index in [1.54, 1.807) is 11.3 Å². The zero-order valence-electron chi connectivity index (χ0n) is 11.6. The van der Waals surface area contributed by atoms with Crippen LogP contribution < -0.4 is 10.9 Å². The number of fused-ring (bicyclic) bond motifs is 1. The Balaban J connectivity index is 1.95. The molecule has 1 aliphatic carbocycles. The van der Waals surface area contributed by atoms with Gasteiger partial charge in [0.05, 0.1) is 11.5 Å². The minimum Gasteiger partial charge on any atom is -0.343 e. The third-order valence-corrected chi connectivity index (χ3v) is 5.64. The Labute approximate surface area is 130 Å². The van der Waals surface area contributed by atoms with Crippen molar-refractivity contribution >= 4 is 28.9 Å². The third-order valence-electron chi connectivity index (χ3n) is 4.12. The Bertz CT molecular complexity index is 777. The first-order valence-electron chi connectivity index (χ1n) is 6.98. The number of rotatable bonds is 2. The second kappa shape index (κ2) is 5.03. The fourth-order valence-electron chi connectivity index (χ4n) is 3.24. The van der Waals surface area contributed by atoms with Crippen molar-refractivity contribution in [3.05, 3.63) is 49.6 Å². The Morgan fingerprint density at radius 1 is 1.43 bits per heavy atom. The standard InChI is InChI=1S/C15H15N3OS2/c1-20-15-17-13-12(14(19)18-15)11(10-6-3-7-21-10)8-4-2-5-9(8)16-13/h3,6-7,11H,2,4-5H2,1H3,(H2,16,17,18,19). The number of hydrogen-bond acceptors (Lipinski definition) is 5. The van der Waals surface area contributed by atoms with E-state index >= 15 is 0 Å². The molecular weight excluding hydrogens is 302 g/mol. The Hall–Kier alpha value is -1.53. The molecule has 21 heavy (non-hydrogen) atoms. The van der Waals surface area contributed by atoms with E-state index in [4.69, 9.17) is 0 Å². The van der Waals surface area contributed by atoms with Crippen LogP contribution in [0, 0.1) is 0 Å². The van der Waals surface area contributed by atoms with E-state index in [-0.39, 0.29) is 11.5 Å². The number of anilines is 1. The van der Waals surface area contributed by atoms with E-state index in [0.29, 0.717) is 5.16 Å². The molecule has 0 aromatic carbocycles. The van der Waals surface area contributed by atoms with Gasteiger partial charge < -0.3 is 10.3 Å². The molecule has 0 amide bonds. The molecule has 1 atom stereocenters. The van der Waals surface area contributed by atoms with Gasteiger partial charge in [-0.05, 0) is 42.5 Å². The van der Waals surface area contributed by atoms with Crippen molar-refractivity contribution in [1.82, 2.24) is 9.97 Å². The molecule has 0 radical (unpaired) electrons. The van der Waals surface area contributed by atoms with Crippen LogP contribution in [0.2, 0.25) is 0 Å². The van der Waals surface area contributed by atoms with Gasteiger partial charge in [-0.2, -0.15) is 0 Å². The van der Waals surface area contributed by atoms with E-state index in [1.165, 1.54) is 27.9 Å². The van der Waals surface area contributed by atoms with Crippen molar-refractivity contribution in [3.8, 4) is 0 Å². The van der Waals surface area contributed by atoms with Gasteiger partial charge in [0.15, 0.2) is 5.16 Å². The molecule has 6 heteroatoms. The van der Waals surface area contributed by atoms with Crippen LogP contribution in [0.5, 0.6) is 0 Å². The maximum atomic E-state index is 12.6. The van der Waals surface area contributed by atoms with Gasteiger partial charge in [-0.3, -0.25) is 4.79 Å². The highest BCUT2D eigenvalue weighted by molar-refractivity contribution is 7.98. The van der Waals surface area contributed by atoms with E-state index in [1.807, 2.05) is 6.26 Å². The minimum absolute atomic E-state index is 0.0197. The molecule has 2 aromatic heterocycles. The molecule has 2 aliphatic rings. The van der Waals surface area contributed by atoms with Gasteiger partial charge in [0.2, 0.25) is 0 Å². The van der Waals surface area contributed by atoms with Gasteiger partial charge in [-0.15, -0.1) is 11.3 Å². The van der Waals surface area contributed by atoms with Crippen LogP contribution in [-0.2, 0) is 0 Å². The second-order valence-electron chi connectivity index (χ2n) is 5.27. The SMILES string of the molecule is CSc1nc2c(c(=O)[nH]1)C(c1cccs1)C1=C(CCC1)N2. The zero-order chi connectivity index (χ0) is 14.4. The fraction of sp³-hybridized carbons (Fsp3) is 0.333. The average molecular weight is 317 g/mol. The lowest BCUT2D eigenvalue weighted by Gasteiger charge is -2.27. The number of hydrogen-bond donors (Lipinski definition) is 2. The van der Waals surface area contributed by atoms with E-state index in [9.17, 15) is 4.79 Å². The van der Waals surface area contributed by atoms with Crippen molar-refractivity contribution in [2.45, 2.75) is 30.3 Å². The smallest absolute Gasteiger partial charge is 0.257 e. The van der Waals surface area contributed by atoms with Crippen LogP contribution in [0.1, 0.15) is 35.6 Å². The predicted molar refractivity (Wildman–Crippen MR) is 87.3 cm³/mol. The fourth-order valence-corrected chi connectivity index (χ4v) is 4.48. The number of nitrogens with one attached hydrogen (secondary N) is 2. The van der Waals surface area contributed by atoms with Gasteiger partial charge in [0.1, 0.15) is 5.82 Å². The lowest BCUT2D eigenvalue weighted by Crippen LogP contribution is -2.26. The first kappa shape index (κ1) is 13.2. The maximum Gasteiger partial charge on any atom is 0.257 e. The monoisotopic (exact) mass is 317 g/mol. The van der Waals surface area contributed by atoms with Gasteiger partial charge in [-0.25, -0.2) is 4.98 Å². The van der Waals surface area contributed by atoms with Crippen molar-refractivity contribution in [3.63, 3.8) is 0 Å². The minimum atomic E-state index is -0.0197. The summed E-state index contributed by atoms with van der Waals surface area (Å²) in [6.07, 6.45) is 5.19. The Morgan fingerprint density at radius 2 is 2.33 bits per heavy atom. The van der Waals surface area contributed by atoms with Gasteiger partial charge in [-0.1, -0.05) is 17.8 Å². The van der Waals surface area contributed by atoms with Crippen LogP contribution in [-0.4, -0.2) is 16.2 Å². The van der Waals surface area contributed by atoms with Gasteiger partial charge in [0, 0.05) is 10.6 Å². The zero-order valence-corrected chi connectivity index (χ0v) is 13.2. The van der Waals surface area contributed by atoms with Crippen molar-refractivity contribution in [2.75, 3.05) is 11.6 Å². The number of thiophene rings is 1. The van der Waals surface area contributed by atoms with Crippen LogP contribution in [0.4, 0.5) is 5.82 Å². The highest BCUT2D eigenvalue weighted by Gasteiger charge is 2.35. The van der Waals surface area contributed by atoms with Gasteiger partial charge >= 0.3 is 0 Å². The summed E-state index contributed by atoms with van der Waals surface area (Å²) in [5, 5.41) is 6.14. The summed E-state index contributed by atoms with van der Waals surface area (Å²) < 4.78 is 0. The molecule has 1 aliphatic heterocycles. The van der Waals surface area contributed by atoms with Crippen molar-refractivity contribution < 1.29 is 0 Å². The van der Waals surface area contributed by atoms with Gasteiger partial charge in [0.25, 0.3) is 5.56 Å². The Morgan fingerprint density at radius 3 is 3.10 bits per heavy atom. The molecule has 4 nitrogen and oxygen atoms in total. The van der Waals surface area contributed by atoms with Crippen LogP contribution in [0.15, 0.2) is 38.7 Å². The quantitative estimate of drug-likeness (QED) is 0.657. The molecule has 1 unspecified atom stereocenters. The van der Waals surface area contributed by atoms with Crippen molar-refractivity contribution in [2.24, 2.45) is 0 Å². The summed E-state index contributed by atoms with van der Waals surface area (Å²) in [4.78, 5) is 21.3. The second-order valence-corrected chi connectivity index (χ2v) is 7.04. The molecule has 108 valence electrons. The highest BCUT2D eigenvalue weighted by Crippen LogP contribution is 2.46. The molecule has 0 spiro atoms. The first-order chi connectivity index (χ1) is 10.3. The first-order valence-corrected chi connectivity index (χ1v) is 9.09. The average Bonchev–Trinajstić information content (AvgIpc) is 3.15. The highest BCUT2D eigenvalue weighted by atomic mass is 32.2. The van der Waals surface area contributed by atoms with E-state index in [0.717, 1.165) is 30.6 Å². The molecule has 3 heterocycles. The summed E-state index contributed by atoms with van der Waals surface area (Å²) in [7, 11) is 0. The summed E-state index contributed by atoms with van der Waals surface area (Å²) >= 11 is 3.17. The number of aromatic amines is 1. The molecule has 0 saturated heterocycles. The topological polar surface area (TPSA) is 57.8 Å². The number of aromatic nitrogens is 2. The molecular formula is C15H15N3OS2. The third kappa shape index (κ3) is 2.05. The number of thioether (sulfide) groups is 1. The van der Waals surface area contributed by atoms with Crippen LogP contribution >= 0.6 is 23.1 Å². The molecule has 0 bridgehead atoms. The van der Waals surface area contributed by atoms with E-state index in [2.05, 4.69) is 32.8 Å². The van der Waals surface area contributed by atoms with Crippen LogP contribution in [0.25, 0.3) is 0 Å². The summed E-state index contributed by atoms with van der Waals surface area (Å²) in [5.41, 5.74) is 3.39. The van der Waals surface area contributed by atoms with Crippen LogP contribution in [0.3, 0.4) is 0 Å². The molecule has 2 aromatic rings. The predicted octanol–water partition coefficient (Wildman–Crippen LogP) is 3.55. The maximum absolute atomic E-state index is 12.6. The summed E-state index contributed by atoms with van der Waals surface area (Å²) in [6, 6.07) is 4.17. The normalized spacial score (nSPS) is 20.1. The molecule has 2 N–H and O–H groups in total. The summed E-state index contributed by atoms with van der Waals surface area (Å²) in [6.45, 7) is 0. The van der Waals surface area contributed by atoms with Crippen molar-refractivity contribution in [1.29, 1.82) is 0 Å². The number of allylic oxidation sites excluding steroid dienone is 2. The summed E-state index contributed by atoms with van der Waals surface area (Å²) in [5.74, 6) is 0.813. The molecule has 0 fully saturated rings. The Kier molecular flexibility index (Phi) is 3.15. The molecule has 0 saturated carbocycles.